The summed E-state index contributed by atoms with van der Waals surface area (Å²) in [6.07, 6.45) is 1.51. The first kappa shape index (κ1) is 22.8. The summed E-state index contributed by atoms with van der Waals surface area (Å²) >= 11 is 6.44. The molecule has 0 aliphatic rings. The third kappa shape index (κ3) is 5.88. The Hall–Kier alpha value is -3.42. The first-order valence-corrected chi connectivity index (χ1v) is 10.8. The molecule has 0 bridgehead atoms. The molecule has 0 fully saturated rings. The summed E-state index contributed by atoms with van der Waals surface area (Å²) in [7, 11) is 4.00. The summed E-state index contributed by atoms with van der Waals surface area (Å²) in [5, 5.41) is 4.53. The number of nitrogens with zero attached hydrogens (tertiary/aromatic N) is 3. The zero-order valence-electron chi connectivity index (χ0n) is 18.4. The van der Waals surface area contributed by atoms with Crippen LogP contribution in [0.3, 0.4) is 0 Å². The lowest BCUT2D eigenvalue weighted by Crippen LogP contribution is -2.19. The molecule has 3 aromatic carbocycles. The van der Waals surface area contributed by atoms with Crippen molar-refractivity contribution in [2.24, 2.45) is 0 Å². The summed E-state index contributed by atoms with van der Waals surface area (Å²) in [5.74, 6) is 1.53. The van der Waals surface area contributed by atoms with E-state index in [-0.39, 0.29) is 12.4 Å². The molecule has 0 atom stereocenters. The predicted molar refractivity (Wildman–Crippen MR) is 129 cm³/mol. The van der Waals surface area contributed by atoms with Gasteiger partial charge < -0.3 is 19.7 Å². The van der Waals surface area contributed by atoms with Gasteiger partial charge in [-0.1, -0.05) is 29.8 Å². The van der Waals surface area contributed by atoms with E-state index in [2.05, 4.69) is 20.2 Å². The number of ether oxygens (including phenoxy) is 2. The second-order valence-electron chi connectivity index (χ2n) is 7.71. The Labute approximate surface area is 196 Å². The molecule has 0 spiro atoms. The molecule has 8 heteroatoms. The maximum Gasteiger partial charge on any atom is 0.145 e. The molecule has 0 amide bonds. The molecule has 170 valence electrons. The molecule has 1 heterocycles. The van der Waals surface area contributed by atoms with E-state index in [9.17, 15) is 4.39 Å². The first-order chi connectivity index (χ1) is 16.0. The summed E-state index contributed by atoms with van der Waals surface area (Å²) in [5.41, 5.74) is 2.24. The van der Waals surface area contributed by atoms with Crippen molar-refractivity contribution in [3.05, 3.63) is 83.4 Å². The van der Waals surface area contributed by atoms with Crippen molar-refractivity contribution in [1.82, 2.24) is 14.9 Å². The summed E-state index contributed by atoms with van der Waals surface area (Å²) in [6, 6.07) is 17.4. The minimum atomic E-state index is -0.302. The highest BCUT2D eigenvalue weighted by molar-refractivity contribution is 6.32. The van der Waals surface area contributed by atoms with Gasteiger partial charge in [0.05, 0.1) is 15.9 Å². The number of fused-ring (bicyclic) bond motifs is 1. The Kier molecular flexibility index (Phi) is 7.22. The number of likely N-dealkylation sites (N-methyl/N-ethyl adjacent to an activating group) is 1. The Balaban J connectivity index is 1.52. The Morgan fingerprint density at radius 2 is 1.82 bits per heavy atom. The molecular formula is C25H24ClFN4O2. The fourth-order valence-electron chi connectivity index (χ4n) is 3.25. The van der Waals surface area contributed by atoms with Crippen molar-refractivity contribution >= 4 is 34.0 Å². The van der Waals surface area contributed by atoms with Gasteiger partial charge in [0.1, 0.15) is 42.7 Å². The molecule has 4 aromatic rings. The Morgan fingerprint density at radius 3 is 2.61 bits per heavy atom. The number of halogens is 2. The molecule has 4 rings (SSSR count). The fourth-order valence-corrected chi connectivity index (χ4v) is 3.49. The minimum Gasteiger partial charge on any atom is -0.491 e. The zero-order valence-corrected chi connectivity index (χ0v) is 19.1. The normalized spacial score (nSPS) is 11.1. The van der Waals surface area contributed by atoms with E-state index < -0.39 is 0 Å². The van der Waals surface area contributed by atoms with Crippen LogP contribution in [0.25, 0.3) is 10.9 Å². The van der Waals surface area contributed by atoms with Crippen molar-refractivity contribution in [3.63, 3.8) is 0 Å². The maximum atomic E-state index is 13.4. The number of nitrogens with one attached hydrogen (secondary N) is 1. The average Bonchev–Trinajstić information content (AvgIpc) is 2.78. The third-order valence-electron chi connectivity index (χ3n) is 4.90. The van der Waals surface area contributed by atoms with Crippen LogP contribution in [-0.2, 0) is 6.61 Å². The lowest BCUT2D eigenvalue weighted by atomic mass is 10.2. The van der Waals surface area contributed by atoms with E-state index in [0.717, 1.165) is 28.7 Å². The summed E-state index contributed by atoms with van der Waals surface area (Å²) < 4.78 is 25.1. The lowest BCUT2D eigenvalue weighted by Gasteiger charge is -2.15. The molecule has 0 saturated carbocycles. The van der Waals surface area contributed by atoms with Gasteiger partial charge in [0, 0.05) is 12.2 Å². The van der Waals surface area contributed by atoms with Gasteiger partial charge in [0.25, 0.3) is 0 Å². The zero-order chi connectivity index (χ0) is 23.2. The smallest absolute Gasteiger partial charge is 0.145 e. The van der Waals surface area contributed by atoms with Crippen LogP contribution in [0.1, 0.15) is 5.56 Å². The highest BCUT2D eigenvalue weighted by Gasteiger charge is 2.12. The molecule has 6 nitrogen and oxygen atoms in total. The predicted octanol–water partition coefficient (Wildman–Crippen LogP) is 5.69. The van der Waals surface area contributed by atoms with Crippen LogP contribution < -0.4 is 14.8 Å². The van der Waals surface area contributed by atoms with E-state index in [1.54, 1.807) is 24.3 Å². The number of rotatable bonds is 9. The van der Waals surface area contributed by atoms with Gasteiger partial charge in [0.2, 0.25) is 0 Å². The Bertz CT molecular complexity index is 1250. The summed E-state index contributed by atoms with van der Waals surface area (Å²) in [4.78, 5) is 10.8. The fraction of sp³-hybridized carbons (Fsp3) is 0.200. The standard InChI is InChI=1S/C25H24ClFN4O2/c1-31(2)11-12-32-23-8-4-7-21-24(23)25(29-16-28-21)30-19-9-10-22(20(26)14-19)33-15-17-5-3-6-18(27)13-17/h3-10,13-14,16H,11-12,15H2,1-2H3,(H,28,29,30). The van der Waals surface area contributed by atoms with Gasteiger partial charge in [-0.2, -0.15) is 0 Å². The second kappa shape index (κ2) is 10.5. The molecule has 1 N–H and O–H groups in total. The quantitative estimate of drug-likeness (QED) is 0.342. The molecule has 33 heavy (non-hydrogen) atoms. The Morgan fingerprint density at radius 1 is 0.970 bits per heavy atom. The van der Waals surface area contributed by atoms with E-state index in [1.165, 1.54) is 18.5 Å². The third-order valence-corrected chi connectivity index (χ3v) is 5.19. The van der Waals surface area contributed by atoms with Crippen LogP contribution in [0, 0.1) is 5.82 Å². The van der Waals surface area contributed by atoms with Crippen LogP contribution >= 0.6 is 11.6 Å². The number of hydrogen-bond donors (Lipinski definition) is 1. The van der Waals surface area contributed by atoms with Gasteiger partial charge in [0.15, 0.2) is 0 Å². The van der Waals surface area contributed by atoms with Gasteiger partial charge in [-0.25, -0.2) is 14.4 Å². The average molecular weight is 467 g/mol. The number of anilines is 2. The number of benzene rings is 3. The first-order valence-electron chi connectivity index (χ1n) is 10.4. The monoisotopic (exact) mass is 466 g/mol. The highest BCUT2D eigenvalue weighted by Crippen LogP contribution is 2.34. The van der Waals surface area contributed by atoms with E-state index in [1.807, 2.05) is 38.4 Å². The SMILES string of the molecule is CN(C)CCOc1cccc2ncnc(Nc3ccc(OCc4cccc(F)c4)c(Cl)c3)c12. The molecular weight excluding hydrogens is 443 g/mol. The molecule has 0 radical (unpaired) electrons. The minimum absolute atomic E-state index is 0.217. The van der Waals surface area contributed by atoms with E-state index >= 15 is 0 Å². The van der Waals surface area contributed by atoms with Crippen molar-refractivity contribution in [2.45, 2.75) is 6.61 Å². The number of hydrogen-bond acceptors (Lipinski definition) is 6. The molecule has 0 unspecified atom stereocenters. The maximum absolute atomic E-state index is 13.4. The van der Waals surface area contributed by atoms with Crippen LogP contribution in [0.2, 0.25) is 5.02 Å². The van der Waals surface area contributed by atoms with Gasteiger partial charge in [-0.15, -0.1) is 0 Å². The lowest BCUT2D eigenvalue weighted by molar-refractivity contribution is 0.263. The van der Waals surface area contributed by atoms with Gasteiger partial charge in [-0.3, -0.25) is 0 Å². The van der Waals surface area contributed by atoms with Crippen molar-refractivity contribution in [1.29, 1.82) is 0 Å². The van der Waals surface area contributed by atoms with Crippen LogP contribution in [0.15, 0.2) is 67.0 Å². The van der Waals surface area contributed by atoms with Crippen LogP contribution in [-0.4, -0.2) is 42.1 Å². The van der Waals surface area contributed by atoms with E-state index in [0.29, 0.717) is 28.9 Å². The highest BCUT2D eigenvalue weighted by atomic mass is 35.5. The van der Waals surface area contributed by atoms with Gasteiger partial charge in [-0.05, 0) is 62.1 Å². The van der Waals surface area contributed by atoms with Crippen molar-refractivity contribution < 1.29 is 13.9 Å². The van der Waals surface area contributed by atoms with Crippen molar-refractivity contribution in [2.75, 3.05) is 32.6 Å². The van der Waals surface area contributed by atoms with E-state index in [4.69, 9.17) is 21.1 Å². The van der Waals surface area contributed by atoms with Crippen LogP contribution in [0.5, 0.6) is 11.5 Å². The topological polar surface area (TPSA) is 59.5 Å². The number of aromatic nitrogens is 2. The molecule has 0 aliphatic carbocycles. The summed E-state index contributed by atoms with van der Waals surface area (Å²) in [6.45, 7) is 1.55. The molecule has 0 aliphatic heterocycles. The van der Waals surface area contributed by atoms with Crippen LogP contribution in [0.4, 0.5) is 15.9 Å². The second-order valence-corrected chi connectivity index (χ2v) is 8.12. The van der Waals surface area contributed by atoms with Crippen molar-refractivity contribution in [3.8, 4) is 11.5 Å². The molecule has 0 saturated heterocycles. The largest absolute Gasteiger partial charge is 0.491 e. The molecule has 1 aromatic heterocycles. The van der Waals surface area contributed by atoms with Gasteiger partial charge >= 0.3 is 0 Å².